The summed E-state index contributed by atoms with van der Waals surface area (Å²) in [5, 5.41) is 8.90. The molecule has 150 valence electrons. The van der Waals surface area contributed by atoms with Gasteiger partial charge in [0.1, 0.15) is 0 Å². The van der Waals surface area contributed by atoms with E-state index in [1.165, 1.54) is 24.3 Å². The van der Waals surface area contributed by atoms with Gasteiger partial charge in [-0.2, -0.15) is 13.2 Å². The largest absolute Gasteiger partial charge is 0.418 e. The Morgan fingerprint density at radius 2 is 1.86 bits per heavy atom. The second-order valence-corrected chi connectivity index (χ2v) is 6.77. The summed E-state index contributed by atoms with van der Waals surface area (Å²) in [6.45, 7) is 1.40. The molecule has 0 spiro atoms. The number of carbonyl (C=O) groups is 3. The normalized spacial score (nSPS) is 11.0. The highest BCUT2D eigenvalue weighted by Crippen LogP contribution is 2.36. The summed E-state index contributed by atoms with van der Waals surface area (Å²) >= 11 is 1.28. The molecule has 10 heteroatoms. The zero-order valence-electron chi connectivity index (χ0n) is 14.9. The molecule has 0 fully saturated rings. The molecule has 1 heterocycles. The molecule has 0 aliphatic carbocycles. The first kappa shape index (κ1) is 21.4. The predicted molar refractivity (Wildman–Crippen MR) is 100 cm³/mol. The molecule has 0 aliphatic rings. The Bertz CT molecular complexity index is 852. The van der Waals surface area contributed by atoms with Crippen molar-refractivity contribution >= 4 is 40.4 Å². The number of nitrogens with one attached hydrogen (secondary N) is 3. The van der Waals surface area contributed by atoms with E-state index in [2.05, 4.69) is 16.0 Å². The van der Waals surface area contributed by atoms with Gasteiger partial charge in [0.25, 0.3) is 5.91 Å². The highest BCUT2D eigenvalue weighted by molar-refractivity contribution is 7.12. The highest BCUT2D eigenvalue weighted by Gasteiger charge is 2.34. The monoisotopic (exact) mass is 413 g/mol. The van der Waals surface area contributed by atoms with Crippen LogP contribution < -0.4 is 16.0 Å². The molecular formula is C18H18F3N3O3S. The van der Waals surface area contributed by atoms with Gasteiger partial charge in [-0.15, -0.1) is 11.3 Å². The molecule has 0 unspecified atom stereocenters. The standard InChI is InChI=1S/C18H18F3N3O3S/c1-11(25)23-12-6-7-14(13(10-12)18(19,20)21)24-16(26)5-2-8-22-17(27)15-4-3-9-28-15/h3-4,6-7,9-10H,2,5,8H2,1H3,(H,22,27)(H,23,25)(H,24,26). The maximum Gasteiger partial charge on any atom is 0.418 e. The summed E-state index contributed by atoms with van der Waals surface area (Å²) in [7, 11) is 0. The number of hydrogen-bond acceptors (Lipinski definition) is 4. The summed E-state index contributed by atoms with van der Waals surface area (Å²) in [6, 6.07) is 6.52. The third-order valence-corrected chi connectivity index (χ3v) is 4.40. The van der Waals surface area contributed by atoms with Gasteiger partial charge in [-0.25, -0.2) is 0 Å². The zero-order chi connectivity index (χ0) is 20.7. The second-order valence-electron chi connectivity index (χ2n) is 5.82. The van der Waals surface area contributed by atoms with Crippen LogP contribution in [0.15, 0.2) is 35.7 Å². The van der Waals surface area contributed by atoms with E-state index >= 15 is 0 Å². The SMILES string of the molecule is CC(=O)Nc1ccc(NC(=O)CCCNC(=O)c2cccs2)c(C(F)(F)F)c1. The van der Waals surface area contributed by atoms with Crippen LogP contribution in [0.1, 0.15) is 35.0 Å². The summed E-state index contributed by atoms with van der Waals surface area (Å²) in [6.07, 6.45) is -4.49. The van der Waals surface area contributed by atoms with Crippen LogP contribution >= 0.6 is 11.3 Å². The van der Waals surface area contributed by atoms with Crippen LogP contribution in [0.3, 0.4) is 0 Å². The molecule has 2 rings (SSSR count). The third-order valence-electron chi connectivity index (χ3n) is 3.53. The lowest BCUT2D eigenvalue weighted by atomic mass is 10.1. The van der Waals surface area contributed by atoms with Crippen LogP contribution in [-0.2, 0) is 15.8 Å². The third kappa shape index (κ3) is 6.38. The number of anilines is 2. The van der Waals surface area contributed by atoms with E-state index < -0.39 is 29.2 Å². The van der Waals surface area contributed by atoms with Crippen molar-refractivity contribution in [1.29, 1.82) is 0 Å². The van der Waals surface area contributed by atoms with Crippen LogP contribution in [0.25, 0.3) is 0 Å². The number of rotatable bonds is 7. The van der Waals surface area contributed by atoms with Crippen LogP contribution in [-0.4, -0.2) is 24.3 Å². The van der Waals surface area contributed by atoms with Crippen LogP contribution in [0, 0.1) is 0 Å². The average molecular weight is 413 g/mol. The van der Waals surface area contributed by atoms with E-state index in [0.29, 0.717) is 4.88 Å². The Morgan fingerprint density at radius 1 is 1.11 bits per heavy atom. The van der Waals surface area contributed by atoms with Gasteiger partial charge in [0.05, 0.1) is 16.1 Å². The lowest BCUT2D eigenvalue weighted by Crippen LogP contribution is -2.25. The number of carbonyl (C=O) groups excluding carboxylic acids is 3. The van der Waals surface area contributed by atoms with E-state index in [1.54, 1.807) is 17.5 Å². The molecule has 0 bridgehead atoms. The minimum Gasteiger partial charge on any atom is -0.351 e. The van der Waals surface area contributed by atoms with Crippen molar-refractivity contribution in [2.24, 2.45) is 0 Å². The van der Waals surface area contributed by atoms with Crippen molar-refractivity contribution < 1.29 is 27.6 Å². The first-order valence-electron chi connectivity index (χ1n) is 8.27. The Labute approximate surface area is 163 Å². The highest BCUT2D eigenvalue weighted by atomic mass is 32.1. The smallest absolute Gasteiger partial charge is 0.351 e. The van der Waals surface area contributed by atoms with Crippen LogP contribution in [0.5, 0.6) is 0 Å². The molecule has 2 aromatic rings. The van der Waals surface area contributed by atoms with Gasteiger partial charge in [-0.3, -0.25) is 14.4 Å². The van der Waals surface area contributed by atoms with Gasteiger partial charge in [0.15, 0.2) is 0 Å². The first-order valence-corrected chi connectivity index (χ1v) is 9.15. The molecule has 6 nitrogen and oxygen atoms in total. The molecular weight excluding hydrogens is 395 g/mol. The van der Waals surface area contributed by atoms with Crippen molar-refractivity contribution in [3.63, 3.8) is 0 Å². The maximum absolute atomic E-state index is 13.2. The first-order chi connectivity index (χ1) is 13.2. The van der Waals surface area contributed by atoms with Crippen LogP contribution in [0.2, 0.25) is 0 Å². The summed E-state index contributed by atoms with van der Waals surface area (Å²) in [5.74, 6) is -1.37. The Balaban J connectivity index is 1.91. The van der Waals surface area contributed by atoms with E-state index in [0.717, 1.165) is 12.1 Å². The summed E-state index contributed by atoms with van der Waals surface area (Å²) < 4.78 is 39.7. The van der Waals surface area contributed by atoms with Crippen LogP contribution in [0.4, 0.5) is 24.5 Å². The van der Waals surface area contributed by atoms with Gasteiger partial charge in [0.2, 0.25) is 11.8 Å². The topological polar surface area (TPSA) is 87.3 Å². The number of benzene rings is 1. The van der Waals surface area contributed by atoms with Crippen molar-refractivity contribution in [1.82, 2.24) is 5.32 Å². The molecule has 1 aromatic carbocycles. The second kappa shape index (κ2) is 9.36. The average Bonchev–Trinajstić information content (AvgIpc) is 3.13. The fourth-order valence-corrected chi connectivity index (χ4v) is 2.97. The molecule has 1 aromatic heterocycles. The van der Waals surface area contributed by atoms with Gasteiger partial charge in [-0.1, -0.05) is 6.07 Å². The van der Waals surface area contributed by atoms with Crippen molar-refractivity contribution in [3.8, 4) is 0 Å². The van der Waals surface area contributed by atoms with Gasteiger partial charge < -0.3 is 16.0 Å². The van der Waals surface area contributed by atoms with Crippen molar-refractivity contribution in [3.05, 3.63) is 46.2 Å². The maximum atomic E-state index is 13.2. The Kier molecular flexibility index (Phi) is 7.16. The van der Waals surface area contributed by atoms with E-state index in [9.17, 15) is 27.6 Å². The Hall–Kier alpha value is -2.88. The Morgan fingerprint density at radius 3 is 2.46 bits per heavy atom. The van der Waals surface area contributed by atoms with Crippen molar-refractivity contribution in [2.75, 3.05) is 17.2 Å². The number of halogens is 3. The molecule has 3 N–H and O–H groups in total. The van der Waals surface area contributed by atoms with Gasteiger partial charge >= 0.3 is 6.18 Å². The molecule has 0 saturated heterocycles. The molecule has 28 heavy (non-hydrogen) atoms. The minimum absolute atomic E-state index is 0.0193. The quantitative estimate of drug-likeness (QED) is 0.602. The summed E-state index contributed by atoms with van der Waals surface area (Å²) in [5.41, 5.74) is -1.47. The zero-order valence-corrected chi connectivity index (χ0v) is 15.7. The number of thiophene rings is 1. The fourth-order valence-electron chi connectivity index (χ4n) is 2.33. The lowest BCUT2D eigenvalue weighted by molar-refractivity contribution is -0.137. The molecule has 0 aliphatic heterocycles. The van der Waals surface area contributed by atoms with E-state index in [-0.39, 0.29) is 31.0 Å². The number of alkyl halides is 3. The predicted octanol–water partition coefficient (Wildman–Crippen LogP) is 3.87. The number of hydrogen-bond donors (Lipinski definition) is 3. The van der Waals surface area contributed by atoms with E-state index in [1.807, 2.05) is 0 Å². The molecule has 0 radical (unpaired) electrons. The van der Waals surface area contributed by atoms with Gasteiger partial charge in [0, 0.05) is 25.6 Å². The fraction of sp³-hybridized carbons (Fsp3) is 0.278. The molecule has 3 amide bonds. The minimum atomic E-state index is -4.70. The molecule has 0 atom stereocenters. The van der Waals surface area contributed by atoms with Gasteiger partial charge in [-0.05, 0) is 36.1 Å². The molecule has 0 saturated carbocycles. The van der Waals surface area contributed by atoms with E-state index in [4.69, 9.17) is 0 Å². The summed E-state index contributed by atoms with van der Waals surface area (Å²) in [4.78, 5) is 35.3. The lowest BCUT2D eigenvalue weighted by Gasteiger charge is -2.15. The number of amides is 3. The van der Waals surface area contributed by atoms with Crippen molar-refractivity contribution in [2.45, 2.75) is 25.9 Å².